The van der Waals surface area contributed by atoms with Gasteiger partial charge in [-0.15, -0.1) is 0 Å². The summed E-state index contributed by atoms with van der Waals surface area (Å²) in [7, 11) is 0. The second-order valence-electron chi connectivity index (χ2n) is 8.23. The summed E-state index contributed by atoms with van der Waals surface area (Å²) >= 11 is 0. The minimum atomic E-state index is -0.988. The first-order valence-corrected chi connectivity index (χ1v) is 8.89. The van der Waals surface area contributed by atoms with Gasteiger partial charge in [0.05, 0.1) is 0 Å². The molecular formula is C18H28O2. The van der Waals surface area contributed by atoms with Crippen LogP contribution >= 0.6 is 0 Å². The molecule has 0 radical (unpaired) electrons. The number of rotatable bonds is 1. The number of hydrogen-bond acceptors (Lipinski definition) is 2. The van der Waals surface area contributed by atoms with Gasteiger partial charge in [-0.3, -0.25) is 0 Å². The Hall–Kier alpha value is -0.370. The number of carbonyl (C=O) groups is 1. The lowest BCUT2D eigenvalue weighted by molar-refractivity contribution is -0.136. The lowest BCUT2D eigenvalue weighted by Gasteiger charge is -2.53. The van der Waals surface area contributed by atoms with Crippen LogP contribution in [0.4, 0.5) is 0 Å². The molecule has 4 aliphatic rings. The van der Waals surface area contributed by atoms with E-state index in [1.54, 1.807) is 0 Å². The van der Waals surface area contributed by atoms with Gasteiger partial charge in [0.1, 0.15) is 5.60 Å². The molecule has 112 valence electrons. The van der Waals surface area contributed by atoms with Crippen LogP contribution in [0.1, 0.15) is 64.2 Å². The van der Waals surface area contributed by atoms with Crippen LogP contribution in [0.15, 0.2) is 0 Å². The van der Waals surface area contributed by atoms with Gasteiger partial charge in [-0.1, -0.05) is 12.8 Å². The van der Waals surface area contributed by atoms with E-state index in [1.807, 2.05) is 0 Å². The average molecular weight is 276 g/mol. The Morgan fingerprint density at radius 2 is 1.50 bits per heavy atom. The van der Waals surface area contributed by atoms with Crippen molar-refractivity contribution in [2.75, 3.05) is 0 Å². The Balaban J connectivity index is 1.52. The summed E-state index contributed by atoms with van der Waals surface area (Å²) in [6.45, 7) is 0. The molecule has 2 heteroatoms. The van der Waals surface area contributed by atoms with Gasteiger partial charge in [-0.05, 0) is 86.9 Å². The lowest BCUT2D eigenvalue weighted by Crippen LogP contribution is -2.49. The maximum absolute atomic E-state index is 11.1. The highest BCUT2D eigenvalue weighted by molar-refractivity contribution is 5.62. The van der Waals surface area contributed by atoms with Crippen LogP contribution in [0.5, 0.6) is 0 Å². The third-order valence-electron chi connectivity index (χ3n) is 7.46. The van der Waals surface area contributed by atoms with Crippen molar-refractivity contribution in [2.24, 2.45) is 35.5 Å². The molecule has 4 rings (SSSR count). The van der Waals surface area contributed by atoms with Crippen LogP contribution in [-0.4, -0.2) is 17.0 Å². The van der Waals surface area contributed by atoms with Gasteiger partial charge in [0, 0.05) is 0 Å². The van der Waals surface area contributed by atoms with Crippen molar-refractivity contribution in [3.8, 4) is 0 Å². The van der Waals surface area contributed by atoms with Crippen molar-refractivity contribution in [2.45, 2.75) is 69.8 Å². The van der Waals surface area contributed by atoms with Crippen LogP contribution in [-0.2, 0) is 4.79 Å². The molecule has 4 saturated carbocycles. The second-order valence-corrected chi connectivity index (χ2v) is 8.23. The zero-order valence-corrected chi connectivity index (χ0v) is 12.5. The van der Waals surface area contributed by atoms with Crippen molar-refractivity contribution in [3.05, 3.63) is 0 Å². The van der Waals surface area contributed by atoms with Crippen molar-refractivity contribution in [3.63, 3.8) is 0 Å². The molecule has 0 heterocycles. The Bertz CT molecular complexity index is 393. The molecule has 2 nitrogen and oxygen atoms in total. The van der Waals surface area contributed by atoms with E-state index in [4.69, 9.17) is 0 Å². The summed E-state index contributed by atoms with van der Waals surface area (Å²) in [6, 6.07) is 0. The molecule has 0 spiro atoms. The second kappa shape index (κ2) is 4.83. The van der Waals surface area contributed by atoms with E-state index in [9.17, 15) is 9.90 Å². The molecule has 0 bridgehead atoms. The first kappa shape index (κ1) is 13.3. The molecule has 2 unspecified atom stereocenters. The van der Waals surface area contributed by atoms with Gasteiger partial charge in [0.25, 0.3) is 0 Å². The topological polar surface area (TPSA) is 37.3 Å². The van der Waals surface area contributed by atoms with E-state index in [1.165, 1.54) is 44.9 Å². The fraction of sp³-hybridized carbons (Fsp3) is 0.944. The number of fused-ring (bicyclic) bond motifs is 5. The highest BCUT2D eigenvalue weighted by atomic mass is 16.3. The van der Waals surface area contributed by atoms with E-state index < -0.39 is 5.60 Å². The Kier molecular flexibility index (Phi) is 3.21. The van der Waals surface area contributed by atoms with Crippen molar-refractivity contribution in [1.82, 2.24) is 0 Å². The predicted octanol–water partition coefficient (Wildman–Crippen LogP) is 3.57. The van der Waals surface area contributed by atoms with Crippen molar-refractivity contribution in [1.29, 1.82) is 0 Å². The molecule has 7 atom stereocenters. The van der Waals surface area contributed by atoms with Crippen LogP contribution in [0.2, 0.25) is 0 Å². The first-order valence-electron chi connectivity index (χ1n) is 8.89. The van der Waals surface area contributed by atoms with Gasteiger partial charge in [0.2, 0.25) is 0 Å². The van der Waals surface area contributed by atoms with Gasteiger partial charge in [0.15, 0.2) is 6.29 Å². The summed E-state index contributed by atoms with van der Waals surface area (Å²) in [4.78, 5) is 11.1. The minimum absolute atomic E-state index is 0.623. The Morgan fingerprint density at radius 3 is 2.25 bits per heavy atom. The molecule has 0 saturated heterocycles. The van der Waals surface area contributed by atoms with Crippen molar-refractivity contribution < 1.29 is 9.90 Å². The predicted molar refractivity (Wildman–Crippen MR) is 78.1 cm³/mol. The number of aliphatic hydroxyl groups is 1. The smallest absolute Gasteiger partial charge is 0.151 e. The molecule has 0 aromatic heterocycles. The van der Waals surface area contributed by atoms with Crippen LogP contribution in [0, 0.1) is 35.5 Å². The zero-order chi connectivity index (χ0) is 13.7. The molecule has 4 fully saturated rings. The molecule has 20 heavy (non-hydrogen) atoms. The quantitative estimate of drug-likeness (QED) is 0.743. The van der Waals surface area contributed by atoms with Crippen LogP contribution in [0.3, 0.4) is 0 Å². The fourth-order valence-corrected chi connectivity index (χ4v) is 6.64. The third kappa shape index (κ3) is 1.98. The maximum atomic E-state index is 11.1. The highest BCUT2D eigenvalue weighted by Crippen LogP contribution is 2.58. The highest BCUT2D eigenvalue weighted by Gasteiger charge is 2.51. The molecule has 1 N–H and O–H groups in total. The van der Waals surface area contributed by atoms with E-state index in [2.05, 4.69) is 0 Å². The van der Waals surface area contributed by atoms with Gasteiger partial charge >= 0.3 is 0 Å². The first-order chi connectivity index (χ1) is 9.70. The summed E-state index contributed by atoms with van der Waals surface area (Å²) in [5, 5.41) is 10.3. The summed E-state index contributed by atoms with van der Waals surface area (Å²) < 4.78 is 0. The Labute approximate surface area is 122 Å². The Morgan fingerprint density at radius 1 is 0.800 bits per heavy atom. The van der Waals surface area contributed by atoms with Crippen LogP contribution in [0.25, 0.3) is 0 Å². The monoisotopic (exact) mass is 276 g/mol. The zero-order valence-electron chi connectivity index (χ0n) is 12.5. The van der Waals surface area contributed by atoms with E-state index >= 15 is 0 Å². The molecule has 0 aliphatic heterocycles. The SMILES string of the molecule is O=CC1(O)CC[C@H]2C(CC[C@H]3[C@@H]4CCC[C@H]4CC[C@@H]32)C1. The van der Waals surface area contributed by atoms with E-state index in [-0.39, 0.29) is 0 Å². The molecular weight excluding hydrogens is 248 g/mol. The minimum Gasteiger partial charge on any atom is -0.382 e. The van der Waals surface area contributed by atoms with E-state index in [0.717, 1.165) is 55.1 Å². The average Bonchev–Trinajstić information content (AvgIpc) is 2.95. The third-order valence-corrected chi connectivity index (χ3v) is 7.46. The molecule has 0 amide bonds. The van der Waals surface area contributed by atoms with Crippen molar-refractivity contribution >= 4 is 6.29 Å². The largest absolute Gasteiger partial charge is 0.382 e. The lowest BCUT2D eigenvalue weighted by atomic mass is 9.52. The summed E-state index contributed by atoms with van der Waals surface area (Å²) in [5.41, 5.74) is -0.988. The van der Waals surface area contributed by atoms with Crippen LogP contribution < -0.4 is 0 Å². The maximum Gasteiger partial charge on any atom is 0.151 e. The normalized spacial score (nSPS) is 54.6. The standard InChI is InChI=1S/C18H28O2/c19-11-18(20)9-8-15-13(10-18)5-7-16-14-3-1-2-12(14)4-6-17(15)16/h11-17,20H,1-10H2/t12-,13?,14+,15-,16-,17+,18?/m0/s1. The fourth-order valence-electron chi connectivity index (χ4n) is 6.64. The number of carbonyl (C=O) groups excluding carboxylic acids is 1. The number of hydrogen-bond donors (Lipinski definition) is 1. The van der Waals surface area contributed by atoms with Gasteiger partial charge < -0.3 is 9.90 Å². The summed E-state index contributed by atoms with van der Waals surface area (Å²) in [5.74, 6) is 5.42. The molecule has 0 aromatic carbocycles. The van der Waals surface area contributed by atoms with Gasteiger partial charge in [-0.25, -0.2) is 0 Å². The summed E-state index contributed by atoms with van der Waals surface area (Å²) in [6.07, 6.45) is 13.4. The van der Waals surface area contributed by atoms with E-state index in [0.29, 0.717) is 5.92 Å². The molecule has 4 aliphatic carbocycles. The van der Waals surface area contributed by atoms with Gasteiger partial charge in [-0.2, -0.15) is 0 Å². The number of aldehydes is 1. The molecule has 0 aromatic rings.